The molecule has 1 heterocycles. The minimum atomic E-state index is -0.341. The molecule has 3 aromatic rings. The van der Waals surface area contributed by atoms with Crippen LogP contribution < -0.4 is 5.73 Å². The molecule has 0 unspecified atom stereocenters. The molecule has 0 radical (unpaired) electrons. The third-order valence-corrected chi connectivity index (χ3v) is 3.24. The lowest BCUT2D eigenvalue weighted by atomic mass is 10.1. The molecule has 0 aliphatic rings. The van der Waals surface area contributed by atoms with E-state index in [1.165, 1.54) is 6.07 Å². The van der Waals surface area contributed by atoms with E-state index in [-0.39, 0.29) is 5.82 Å². The number of hydrogen-bond acceptors (Lipinski definition) is 4. The fourth-order valence-corrected chi connectivity index (χ4v) is 2.10. The van der Waals surface area contributed by atoms with Gasteiger partial charge in [-0.15, -0.1) is 5.10 Å². The van der Waals surface area contributed by atoms with Crippen molar-refractivity contribution in [2.45, 2.75) is 13.1 Å². The number of hydrogen-bond donors (Lipinski definition) is 1. The van der Waals surface area contributed by atoms with E-state index >= 15 is 0 Å². The Morgan fingerprint density at radius 2 is 1.71 bits per heavy atom. The van der Waals surface area contributed by atoms with Crippen molar-refractivity contribution < 1.29 is 4.39 Å². The summed E-state index contributed by atoms with van der Waals surface area (Å²) in [7, 11) is 0. The van der Waals surface area contributed by atoms with E-state index in [0.29, 0.717) is 24.5 Å². The summed E-state index contributed by atoms with van der Waals surface area (Å²) in [6.07, 6.45) is 0. The van der Waals surface area contributed by atoms with Crippen LogP contribution in [0.15, 0.2) is 48.5 Å². The molecule has 1 aromatic heterocycles. The van der Waals surface area contributed by atoms with Crippen LogP contribution in [0.3, 0.4) is 0 Å². The summed E-state index contributed by atoms with van der Waals surface area (Å²) in [5.74, 6) is 0.0723. The molecule has 0 spiro atoms. The average Bonchev–Trinajstić information content (AvgIpc) is 2.96. The summed E-state index contributed by atoms with van der Waals surface area (Å²) < 4.78 is 15.4. The van der Waals surface area contributed by atoms with Crippen molar-refractivity contribution in [2.24, 2.45) is 5.73 Å². The predicted octanol–water partition coefficient (Wildman–Crippen LogP) is 1.99. The summed E-state index contributed by atoms with van der Waals surface area (Å²) >= 11 is 0. The molecular formula is C15H14FN5. The maximum absolute atomic E-state index is 13.8. The van der Waals surface area contributed by atoms with Crippen molar-refractivity contribution in [3.05, 3.63) is 65.5 Å². The van der Waals surface area contributed by atoms with Crippen molar-refractivity contribution in [3.63, 3.8) is 0 Å². The van der Waals surface area contributed by atoms with E-state index in [4.69, 9.17) is 5.73 Å². The predicted molar refractivity (Wildman–Crippen MR) is 76.6 cm³/mol. The second-order valence-corrected chi connectivity index (χ2v) is 4.66. The third kappa shape index (κ3) is 2.80. The fraction of sp³-hybridized carbons (Fsp3) is 0.133. The van der Waals surface area contributed by atoms with Crippen LogP contribution in [0.4, 0.5) is 4.39 Å². The molecule has 2 aromatic carbocycles. The van der Waals surface area contributed by atoms with Crippen LogP contribution in [0.5, 0.6) is 0 Å². The van der Waals surface area contributed by atoms with Crippen LogP contribution in [-0.2, 0) is 13.1 Å². The zero-order chi connectivity index (χ0) is 14.7. The standard InChI is InChI=1S/C15H14FN5/c16-14-4-2-1-3-13(14)15-18-19-20-21(15)10-12-7-5-11(9-17)6-8-12/h1-8H,9-10,17H2. The van der Waals surface area contributed by atoms with Gasteiger partial charge in [-0.25, -0.2) is 9.07 Å². The SMILES string of the molecule is NCc1ccc(Cn2nnnc2-c2ccccc2F)cc1. The van der Waals surface area contributed by atoms with Crippen LogP contribution in [0.2, 0.25) is 0 Å². The lowest BCUT2D eigenvalue weighted by Gasteiger charge is -2.06. The highest BCUT2D eigenvalue weighted by Gasteiger charge is 2.13. The number of halogens is 1. The summed E-state index contributed by atoms with van der Waals surface area (Å²) in [5.41, 5.74) is 8.05. The fourth-order valence-electron chi connectivity index (χ4n) is 2.10. The van der Waals surface area contributed by atoms with E-state index in [1.54, 1.807) is 22.9 Å². The second kappa shape index (κ2) is 5.80. The Kier molecular flexibility index (Phi) is 3.70. The maximum Gasteiger partial charge on any atom is 0.185 e. The van der Waals surface area contributed by atoms with Crippen LogP contribution >= 0.6 is 0 Å². The number of nitrogens with zero attached hydrogens (tertiary/aromatic N) is 4. The monoisotopic (exact) mass is 283 g/mol. The molecule has 0 aliphatic heterocycles. The number of tetrazole rings is 1. The lowest BCUT2D eigenvalue weighted by Crippen LogP contribution is -2.05. The molecule has 0 fully saturated rings. The van der Waals surface area contributed by atoms with Crippen LogP contribution in [-0.4, -0.2) is 20.2 Å². The van der Waals surface area contributed by atoms with Crippen LogP contribution in [0.1, 0.15) is 11.1 Å². The van der Waals surface area contributed by atoms with Crippen molar-refractivity contribution in [2.75, 3.05) is 0 Å². The molecule has 3 rings (SSSR count). The van der Waals surface area contributed by atoms with E-state index in [0.717, 1.165) is 11.1 Å². The Morgan fingerprint density at radius 3 is 2.43 bits per heavy atom. The van der Waals surface area contributed by atoms with Gasteiger partial charge in [0.25, 0.3) is 0 Å². The summed E-state index contributed by atoms with van der Waals surface area (Å²) in [4.78, 5) is 0. The molecule has 106 valence electrons. The number of nitrogens with two attached hydrogens (primary N) is 1. The van der Waals surface area contributed by atoms with Crippen molar-refractivity contribution in [1.29, 1.82) is 0 Å². The van der Waals surface area contributed by atoms with Gasteiger partial charge in [-0.3, -0.25) is 0 Å². The van der Waals surface area contributed by atoms with E-state index < -0.39 is 0 Å². The summed E-state index contributed by atoms with van der Waals surface area (Å²) in [5, 5.41) is 11.5. The highest BCUT2D eigenvalue weighted by Crippen LogP contribution is 2.20. The van der Waals surface area contributed by atoms with Gasteiger partial charge in [0.2, 0.25) is 0 Å². The first-order valence-corrected chi connectivity index (χ1v) is 6.57. The molecular weight excluding hydrogens is 269 g/mol. The largest absolute Gasteiger partial charge is 0.326 e. The quantitative estimate of drug-likeness (QED) is 0.795. The van der Waals surface area contributed by atoms with Crippen molar-refractivity contribution >= 4 is 0 Å². The Morgan fingerprint density at radius 1 is 1.00 bits per heavy atom. The van der Waals surface area contributed by atoms with Gasteiger partial charge in [0.05, 0.1) is 12.1 Å². The summed E-state index contributed by atoms with van der Waals surface area (Å²) in [6, 6.07) is 14.3. The molecule has 0 saturated heterocycles. The Labute approximate surface area is 121 Å². The Bertz CT molecular complexity index is 736. The number of benzene rings is 2. The highest BCUT2D eigenvalue weighted by molar-refractivity contribution is 5.55. The first kappa shape index (κ1) is 13.4. The lowest BCUT2D eigenvalue weighted by molar-refractivity contribution is 0.620. The summed E-state index contributed by atoms with van der Waals surface area (Å²) in [6.45, 7) is 0.979. The van der Waals surface area contributed by atoms with Crippen LogP contribution in [0, 0.1) is 5.82 Å². The maximum atomic E-state index is 13.8. The molecule has 5 nitrogen and oxygen atoms in total. The van der Waals surface area contributed by atoms with Gasteiger partial charge in [-0.2, -0.15) is 0 Å². The highest BCUT2D eigenvalue weighted by atomic mass is 19.1. The van der Waals surface area contributed by atoms with Crippen LogP contribution in [0.25, 0.3) is 11.4 Å². The van der Waals surface area contributed by atoms with Gasteiger partial charge in [0, 0.05) is 6.54 Å². The average molecular weight is 283 g/mol. The van der Waals surface area contributed by atoms with E-state index in [1.807, 2.05) is 24.3 Å². The Hall–Kier alpha value is -2.60. The van der Waals surface area contributed by atoms with Crippen molar-refractivity contribution in [3.8, 4) is 11.4 Å². The third-order valence-electron chi connectivity index (χ3n) is 3.24. The zero-order valence-corrected chi connectivity index (χ0v) is 11.3. The van der Waals surface area contributed by atoms with Gasteiger partial charge >= 0.3 is 0 Å². The number of rotatable bonds is 4. The van der Waals surface area contributed by atoms with Crippen molar-refractivity contribution in [1.82, 2.24) is 20.2 Å². The molecule has 0 atom stereocenters. The van der Waals surface area contributed by atoms with Gasteiger partial charge in [-0.05, 0) is 33.7 Å². The van der Waals surface area contributed by atoms with E-state index in [9.17, 15) is 4.39 Å². The first-order valence-electron chi connectivity index (χ1n) is 6.57. The minimum absolute atomic E-state index is 0.341. The molecule has 0 bridgehead atoms. The van der Waals surface area contributed by atoms with Gasteiger partial charge in [0.15, 0.2) is 5.82 Å². The molecule has 0 amide bonds. The topological polar surface area (TPSA) is 69.6 Å². The molecule has 6 heteroatoms. The van der Waals surface area contributed by atoms with Gasteiger partial charge in [-0.1, -0.05) is 36.4 Å². The first-order chi connectivity index (χ1) is 10.3. The normalized spacial score (nSPS) is 10.8. The minimum Gasteiger partial charge on any atom is -0.326 e. The zero-order valence-electron chi connectivity index (χ0n) is 11.3. The molecule has 0 aliphatic carbocycles. The van der Waals surface area contributed by atoms with Gasteiger partial charge < -0.3 is 5.73 Å². The van der Waals surface area contributed by atoms with Gasteiger partial charge in [0.1, 0.15) is 5.82 Å². The second-order valence-electron chi connectivity index (χ2n) is 4.66. The smallest absolute Gasteiger partial charge is 0.185 e. The van der Waals surface area contributed by atoms with E-state index in [2.05, 4.69) is 15.5 Å². The molecule has 2 N–H and O–H groups in total. The number of aromatic nitrogens is 4. The molecule has 21 heavy (non-hydrogen) atoms. The Balaban J connectivity index is 1.90. The molecule has 0 saturated carbocycles.